The molecule has 4 rings (SSSR count). The van der Waals surface area contributed by atoms with Crippen molar-refractivity contribution >= 4 is 5.78 Å². The SMILES string of the molecule is CN1[C@H]2CC[C@@H]1C(CCC(=O)c1ccccc1)C(c1ccccc1)C2. The number of hydrogen-bond acceptors (Lipinski definition) is 2. The molecule has 2 fully saturated rings. The van der Waals surface area contributed by atoms with Crippen LogP contribution in [0.3, 0.4) is 0 Å². The second kappa shape index (κ2) is 7.13. The predicted molar refractivity (Wildman–Crippen MR) is 102 cm³/mol. The number of piperidine rings is 1. The normalized spacial score (nSPS) is 28.8. The number of hydrogen-bond donors (Lipinski definition) is 0. The van der Waals surface area contributed by atoms with E-state index in [1.165, 1.54) is 24.8 Å². The third-order valence-corrected chi connectivity index (χ3v) is 6.46. The highest BCUT2D eigenvalue weighted by atomic mass is 16.1. The van der Waals surface area contributed by atoms with E-state index in [-0.39, 0.29) is 5.78 Å². The van der Waals surface area contributed by atoms with Crippen LogP contribution in [0.25, 0.3) is 0 Å². The van der Waals surface area contributed by atoms with Gasteiger partial charge in [-0.2, -0.15) is 0 Å². The van der Waals surface area contributed by atoms with Crippen LogP contribution in [0.4, 0.5) is 0 Å². The molecule has 0 aliphatic carbocycles. The zero-order valence-corrected chi connectivity index (χ0v) is 15.0. The third kappa shape index (κ3) is 3.28. The zero-order chi connectivity index (χ0) is 17.2. The molecule has 2 aromatic rings. The molecule has 2 saturated heterocycles. The summed E-state index contributed by atoms with van der Waals surface area (Å²) in [7, 11) is 2.29. The van der Waals surface area contributed by atoms with E-state index in [2.05, 4.69) is 42.3 Å². The number of ketones is 1. The number of carbonyl (C=O) groups is 1. The van der Waals surface area contributed by atoms with Crippen molar-refractivity contribution in [1.82, 2.24) is 4.90 Å². The Morgan fingerprint density at radius 3 is 2.40 bits per heavy atom. The van der Waals surface area contributed by atoms with Crippen LogP contribution in [0.2, 0.25) is 0 Å². The van der Waals surface area contributed by atoms with Gasteiger partial charge in [0.2, 0.25) is 0 Å². The molecule has 25 heavy (non-hydrogen) atoms. The van der Waals surface area contributed by atoms with Gasteiger partial charge in [-0.25, -0.2) is 0 Å². The summed E-state index contributed by atoms with van der Waals surface area (Å²) >= 11 is 0. The fraction of sp³-hybridized carbons (Fsp3) is 0.435. The largest absolute Gasteiger partial charge is 0.300 e. The van der Waals surface area contributed by atoms with Crippen molar-refractivity contribution in [2.75, 3.05) is 7.05 Å². The summed E-state index contributed by atoms with van der Waals surface area (Å²) in [5.74, 6) is 1.47. The van der Waals surface area contributed by atoms with Crippen molar-refractivity contribution in [2.24, 2.45) is 5.92 Å². The van der Waals surface area contributed by atoms with Crippen LogP contribution in [0, 0.1) is 5.92 Å². The Kier molecular flexibility index (Phi) is 4.72. The third-order valence-electron chi connectivity index (χ3n) is 6.46. The lowest BCUT2D eigenvalue weighted by molar-refractivity contribution is 0.0837. The lowest BCUT2D eigenvalue weighted by Gasteiger charge is -2.43. The Bertz CT molecular complexity index is 711. The van der Waals surface area contributed by atoms with Gasteiger partial charge in [0.05, 0.1) is 0 Å². The topological polar surface area (TPSA) is 20.3 Å². The van der Waals surface area contributed by atoms with Crippen molar-refractivity contribution in [3.8, 4) is 0 Å². The first kappa shape index (κ1) is 16.5. The first-order chi connectivity index (χ1) is 12.2. The maximum atomic E-state index is 12.6. The molecule has 2 nitrogen and oxygen atoms in total. The maximum absolute atomic E-state index is 12.6. The molecule has 0 aromatic heterocycles. The van der Waals surface area contributed by atoms with E-state index in [1.807, 2.05) is 30.3 Å². The highest BCUT2D eigenvalue weighted by Gasteiger charge is 2.45. The van der Waals surface area contributed by atoms with Gasteiger partial charge in [0.15, 0.2) is 5.78 Å². The fourth-order valence-electron chi connectivity index (χ4n) is 5.12. The van der Waals surface area contributed by atoms with E-state index < -0.39 is 0 Å². The van der Waals surface area contributed by atoms with Gasteiger partial charge in [0.25, 0.3) is 0 Å². The molecular formula is C23H27NO. The molecule has 2 unspecified atom stereocenters. The second-order valence-corrected chi connectivity index (χ2v) is 7.71. The second-order valence-electron chi connectivity index (χ2n) is 7.71. The molecule has 130 valence electrons. The van der Waals surface area contributed by atoms with Crippen LogP contribution in [0.5, 0.6) is 0 Å². The van der Waals surface area contributed by atoms with Crippen LogP contribution in [0.1, 0.15) is 53.9 Å². The summed E-state index contributed by atoms with van der Waals surface area (Å²) in [5, 5.41) is 0. The molecule has 2 aliphatic heterocycles. The van der Waals surface area contributed by atoms with E-state index in [1.54, 1.807) is 0 Å². The smallest absolute Gasteiger partial charge is 0.162 e. The number of rotatable bonds is 5. The van der Waals surface area contributed by atoms with E-state index in [0.717, 1.165) is 18.0 Å². The quantitative estimate of drug-likeness (QED) is 0.724. The van der Waals surface area contributed by atoms with Crippen molar-refractivity contribution < 1.29 is 4.79 Å². The zero-order valence-electron chi connectivity index (χ0n) is 15.0. The van der Waals surface area contributed by atoms with Crippen molar-refractivity contribution in [3.63, 3.8) is 0 Å². The van der Waals surface area contributed by atoms with E-state index >= 15 is 0 Å². The van der Waals surface area contributed by atoms with Gasteiger partial charge in [0, 0.05) is 24.1 Å². The number of nitrogens with zero attached hydrogens (tertiary/aromatic N) is 1. The van der Waals surface area contributed by atoms with Crippen molar-refractivity contribution in [2.45, 2.75) is 50.1 Å². The van der Waals surface area contributed by atoms with Crippen molar-refractivity contribution in [1.29, 1.82) is 0 Å². The molecule has 2 bridgehead atoms. The lowest BCUT2D eigenvalue weighted by Crippen LogP contribution is -2.45. The Morgan fingerprint density at radius 2 is 1.68 bits per heavy atom. The Hall–Kier alpha value is -1.93. The van der Waals surface area contributed by atoms with Gasteiger partial charge >= 0.3 is 0 Å². The molecule has 2 aliphatic rings. The molecule has 2 aromatic carbocycles. The number of carbonyl (C=O) groups excluding carboxylic acids is 1. The number of fused-ring (bicyclic) bond motifs is 2. The minimum Gasteiger partial charge on any atom is -0.300 e. The first-order valence-electron chi connectivity index (χ1n) is 9.59. The van der Waals surface area contributed by atoms with E-state index in [0.29, 0.717) is 24.3 Å². The van der Waals surface area contributed by atoms with E-state index in [9.17, 15) is 4.79 Å². The Balaban J connectivity index is 1.52. The average Bonchev–Trinajstić information content (AvgIpc) is 2.91. The molecule has 0 N–H and O–H groups in total. The Labute approximate surface area is 150 Å². The lowest BCUT2D eigenvalue weighted by atomic mass is 9.73. The first-order valence-corrected chi connectivity index (χ1v) is 9.59. The van der Waals surface area contributed by atoms with Crippen LogP contribution < -0.4 is 0 Å². The molecule has 0 saturated carbocycles. The van der Waals surface area contributed by atoms with Crippen LogP contribution in [0.15, 0.2) is 60.7 Å². The predicted octanol–water partition coefficient (Wildman–Crippen LogP) is 4.92. The van der Waals surface area contributed by atoms with Gasteiger partial charge in [-0.3, -0.25) is 4.79 Å². The highest BCUT2D eigenvalue weighted by Crippen LogP contribution is 2.47. The standard InChI is InChI=1S/C23H27NO/c1-24-19-12-14-22(24)20(21(16-19)17-8-4-2-5-9-17)13-15-23(25)18-10-6-3-7-11-18/h2-11,19-22H,12-16H2,1H3/t19-,20?,21?,22+/m0/s1. The fourth-order valence-corrected chi connectivity index (χ4v) is 5.12. The molecule has 2 heteroatoms. The van der Waals surface area contributed by atoms with Gasteiger partial charge in [-0.05, 0) is 50.1 Å². The summed E-state index contributed by atoms with van der Waals surface area (Å²) in [6, 6.07) is 22.1. The van der Waals surface area contributed by atoms with Gasteiger partial charge < -0.3 is 4.90 Å². The minimum atomic E-state index is 0.287. The van der Waals surface area contributed by atoms with Crippen molar-refractivity contribution in [3.05, 3.63) is 71.8 Å². The summed E-state index contributed by atoms with van der Waals surface area (Å²) < 4.78 is 0. The Morgan fingerprint density at radius 1 is 1.00 bits per heavy atom. The monoisotopic (exact) mass is 333 g/mol. The molecule has 4 atom stereocenters. The molecule has 0 amide bonds. The summed E-state index contributed by atoms with van der Waals surface area (Å²) in [4.78, 5) is 15.2. The average molecular weight is 333 g/mol. The van der Waals surface area contributed by atoms with Crippen LogP contribution in [-0.4, -0.2) is 29.8 Å². The molecule has 2 heterocycles. The van der Waals surface area contributed by atoms with Crippen LogP contribution in [-0.2, 0) is 0 Å². The molecule has 0 spiro atoms. The van der Waals surface area contributed by atoms with Gasteiger partial charge in [0.1, 0.15) is 0 Å². The molecule has 0 radical (unpaired) electrons. The van der Waals surface area contributed by atoms with E-state index in [4.69, 9.17) is 0 Å². The summed E-state index contributed by atoms with van der Waals surface area (Å²) in [6.07, 6.45) is 5.49. The molecular weight excluding hydrogens is 306 g/mol. The number of benzene rings is 2. The number of Topliss-reactive ketones (excluding diaryl/α,β-unsaturated/α-hetero) is 1. The summed E-state index contributed by atoms with van der Waals surface area (Å²) in [6.45, 7) is 0. The minimum absolute atomic E-state index is 0.287. The van der Waals surface area contributed by atoms with Gasteiger partial charge in [-0.1, -0.05) is 60.7 Å². The van der Waals surface area contributed by atoms with Crippen LogP contribution >= 0.6 is 0 Å². The highest BCUT2D eigenvalue weighted by molar-refractivity contribution is 5.95. The van der Waals surface area contributed by atoms with Gasteiger partial charge in [-0.15, -0.1) is 0 Å². The summed E-state index contributed by atoms with van der Waals surface area (Å²) in [5.41, 5.74) is 2.32. The maximum Gasteiger partial charge on any atom is 0.162 e.